The van der Waals surface area contributed by atoms with Gasteiger partial charge in [0.2, 0.25) is 0 Å². The Hall–Kier alpha value is -1.22. The van der Waals surface area contributed by atoms with Crippen molar-refractivity contribution >= 4 is 17.6 Å². The molecule has 0 saturated heterocycles. The van der Waals surface area contributed by atoms with Crippen LogP contribution in [0.2, 0.25) is 5.02 Å². The van der Waals surface area contributed by atoms with Gasteiger partial charge in [-0.2, -0.15) is 0 Å². The second kappa shape index (κ2) is 4.34. The van der Waals surface area contributed by atoms with Crippen molar-refractivity contribution in [3.05, 3.63) is 28.3 Å². The zero-order valence-corrected chi connectivity index (χ0v) is 10.3. The number of hydrogen-bond donors (Lipinski definition) is 2. The molecule has 88 valence electrons. The Labute approximate surface area is 99.7 Å². The summed E-state index contributed by atoms with van der Waals surface area (Å²) < 4.78 is 0. The number of rotatable bonds is 3. The Bertz CT molecular complexity index is 425. The van der Waals surface area contributed by atoms with Gasteiger partial charge in [-0.25, -0.2) is 0 Å². The number of aliphatic carboxylic acids is 1. The summed E-state index contributed by atoms with van der Waals surface area (Å²) in [4.78, 5) is 10.7. The molecule has 16 heavy (non-hydrogen) atoms. The van der Waals surface area contributed by atoms with Crippen LogP contribution >= 0.6 is 11.6 Å². The Balaban J connectivity index is 3.22. The number of phenols is 1. The van der Waals surface area contributed by atoms with Gasteiger partial charge >= 0.3 is 5.97 Å². The van der Waals surface area contributed by atoms with Gasteiger partial charge in [0.15, 0.2) is 0 Å². The molecule has 0 amide bonds. The molecule has 0 bridgehead atoms. The molecule has 1 rings (SSSR count). The summed E-state index contributed by atoms with van der Waals surface area (Å²) in [6.45, 7) is 5.32. The molecule has 2 N–H and O–H groups in total. The van der Waals surface area contributed by atoms with Crippen molar-refractivity contribution in [1.29, 1.82) is 0 Å². The molecule has 0 aliphatic carbocycles. The van der Waals surface area contributed by atoms with Gasteiger partial charge in [-0.05, 0) is 24.6 Å². The van der Waals surface area contributed by atoms with E-state index in [1.807, 2.05) is 0 Å². The van der Waals surface area contributed by atoms with Crippen LogP contribution in [0.1, 0.15) is 31.4 Å². The molecule has 0 radical (unpaired) electrons. The average Bonchev–Trinajstić information content (AvgIpc) is 2.08. The Morgan fingerprint density at radius 2 is 2.00 bits per heavy atom. The molecule has 0 aliphatic rings. The molecule has 1 aromatic rings. The highest BCUT2D eigenvalue weighted by Gasteiger charge is 2.27. The SMILES string of the molecule is Cc1cc(O)c(C(C)(C)CC(=O)O)cc1Cl. The zero-order valence-electron chi connectivity index (χ0n) is 9.54. The van der Waals surface area contributed by atoms with Gasteiger partial charge in [0.1, 0.15) is 5.75 Å². The van der Waals surface area contributed by atoms with Gasteiger partial charge in [-0.3, -0.25) is 4.79 Å². The van der Waals surface area contributed by atoms with E-state index in [1.165, 1.54) is 0 Å². The molecule has 4 heteroatoms. The predicted octanol–water partition coefficient (Wildman–Crippen LogP) is 3.11. The summed E-state index contributed by atoms with van der Waals surface area (Å²) >= 11 is 5.97. The molecule has 0 heterocycles. The molecular formula is C12H15ClO3. The largest absolute Gasteiger partial charge is 0.508 e. The zero-order chi connectivity index (χ0) is 12.5. The third-order valence-electron chi connectivity index (χ3n) is 2.60. The van der Waals surface area contributed by atoms with Gasteiger partial charge in [0.25, 0.3) is 0 Å². The molecule has 0 aromatic heterocycles. The predicted molar refractivity (Wildman–Crippen MR) is 63.1 cm³/mol. The Morgan fingerprint density at radius 3 is 2.50 bits per heavy atom. The highest BCUT2D eigenvalue weighted by atomic mass is 35.5. The maximum Gasteiger partial charge on any atom is 0.304 e. The van der Waals surface area contributed by atoms with Crippen molar-refractivity contribution in [3.63, 3.8) is 0 Å². The third-order valence-corrected chi connectivity index (χ3v) is 3.01. The fraction of sp³-hybridized carbons (Fsp3) is 0.417. The van der Waals surface area contributed by atoms with Crippen molar-refractivity contribution in [2.45, 2.75) is 32.6 Å². The summed E-state index contributed by atoms with van der Waals surface area (Å²) in [6, 6.07) is 3.19. The van der Waals surface area contributed by atoms with Crippen LogP contribution in [0.4, 0.5) is 0 Å². The minimum Gasteiger partial charge on any atom is -0.508 e. The highest BCUT2D eigenvalue weighted by molar-refractivity contribution is 6.31. The van der Waals surface area contributed by atoms with Crippen molar-refractivity contribution in [2.75, 3.05) is 0 Å². The second-order valence-electron chi connectivity index (χ2n) is 4.57. The first kappa shape index (κ1) is 12.8. The molecule has 0 aliphatic heterocycles. The van der Waals surface area contributed by atoms with E-state index >= 15 is 0 Å². The first-order valence-corrected chi connectivity index (χ1v) is 5.33. The van der Waals surface area contributed by atoms with E-state index in [4.69, 9.17) is 16.7 Å². The Kier molecular flexibility index (Phi) is 3.48. The molecule has 3 nitrogen and oxygen atoms in total. The number of halogens is 1. The van der Waals surface area contributed by atoms with Crippen LogP contribution in [-0.4, -0.2) is 16.2 Å². The lowest BCUT2D eigenvalue weighted by molar-refractivity contribution is -0.138. The van der Waals surface area contributed by atoms with Gasteiger partial charge in [-0.15, -0.1) is 0 Å². The summed E-state index contributed by atoms with van der Waals surface area (Å²) in [5, 5.41) is 19.2. The van der Waals surface area contributed by atoms with Crippen LogP contribution in [0, 0.1) is 6.92 Å². The standard InChI is InChI=1S/C12H15ClO3/c1-7-4-10(14)8(5-9(7)13)12(2,3)6-11(15)16/h4-5,14H,6H2,1-3H3,(H,15,16). The highest BCUT2D eigenvalue weighted by Crippen LogP contribution is 2.36. The lowest BCUT2D eigenvalue weighted by atomic mass is 9.80. The van der Waals surface area contributed by atoms with E-state index in [0.717, 1.165) is 5.56 Å². The van der Waals surface area contributed by atoms with E-state index < -0.39 is 11.4 Å². The Morgan fingerprint density at radius 1 is 1.44 bits per heavy atom. The second-order valence-corrected chi connectivity index (χ2v) is 4.98. The topological polar surface area (TPSA) is 57.5 Å². The third kappa shape index (κ3) is 2.67. The number of aryl methyl sites for hydroxylation is 1. The smallest absolute Gasteiger partial charge is 0.304 e. The van der Waals surface area contributed by atoms with E-state index in [-0.39, 0.29) is 12.2 Å². The van der Waals surface area contributed by atoms with Gasteiger partial charge in [0, 0.05) is 16.0 Å². The maximum absolute atomic E-state index is 10.7. The van der Waals surface area contributed by atoms with Crippen molar-refractivity contribution < 1.29 is 15.0 Å². The summed E-state index contributed by atoms with van der Waals surface area (Å²) in [5.74, 6) is -0.811. The maximum atomic E-state index is 10.7. The number of benzene rings is 1. The first-order chi connectivity index (χ1) is 7.24. The molecule has 1 aromatic carbocycles. The monoisotopic (exact) mass is 242 g/mol. The number of aromatic hydroxyl groups is 1. The van der Waals surface area contributed by atoms with Crippen molar-refractivity contribution in [2.24, 2.45) is 0 Å². The number of carbonyl (C=O) groups is 1. The van der Waals surface area contributed by atoms with Crippen molar-refractivity contribution in [3.8, 4) is 5.75 Å². The number of phenolic OH excluding ortho intramolecular Hbond substituents is 1. The summed E-state index contributed by atoms with van der Waals surface area (Å²) in [7, 11) is 0. The fourth-order valence-electron chi connectivity index (χ4n) is 1.68. The van der Waals surface area contributed by atoms with E-state index in [2.05, 4.69) is 0 Å². The van der Waals surface area contributed by atoms with Crippen molar-refractivity contribution in [1.82, 2.24) is 0 Å². The number of carboxylic acids is 1. The number of hydrogen-bond acceptors (Lipinski definition) is 2. The van der Waals surface area contributed by atoms with Crippen LogP contribution < -0.4 is 0 Å². The van der Waals surface area contributed by atoms with Crippen LogP contribution in [0.25, 0.3) is 0 Å². The number of carboxylic acid groups (broad SMARTS) is 1. The molecule has 0 atom stereocenters. The van der Waals surface area contributed by atoms with E-state index in [0.29, 0.717) is 10.6 Å². The van der Waals surface area contributed by atoms with Crippen LogP contribution in [-0.2, 0) is 10.2 Å². The van der Waals surface area contributed by atoms with Crippen LogP contribution in [0.5, 0.6) is 5.75 Å². The minimum atomic E-state index is -0.902. The first-order valence-electron chi connectivity index (χ1n) is 4.95. The van der Waals surface area contributed by atoms with Gasteiger partial charge < -0.3 is 10.2 Å². The molecule has 0 spiro atoms. The fourth-order valence-corrected chi connectivity index (χ4v) is 1.85. The summed E-state index contributed by atoms with van der Waals surface area (Å²) in [5.41, 5.74) is 0.687. The molecule has 0 saturated carbocycles. The molecular weight excluding hydrogens is 228 g/mol. The van der Waals surface area contributed by atoms with E-state index in [1.54, 1.807) is 32.9 Å². The lowest BCUT2D eigenvalue weighted by Crippen LogP contribution is -2.21. The average molecular weight is 243 g/mol. The molecule has 0 unspecified atom stereocenters. The van der Waals surface area contributed by atoms with Crippen LogP contribution in [0.3, 0.4) is 0 Å². The summed E-state index contributed by atoms with van der Waals surface area (Å²) in [6.07, 6.45) is -0.0556. The quantitative estimate of drug-likeness (QED) is 0.856. The lowest BCUT2D eigenvalue weighted by Gasteiger charge is -2.24. The minimum absolute atomic E-state index is 0.0556. The molecule has 0 fully saturated rings. The van der Waals surface area contributed by atoms with Crippen LogP contribution in [0.15, 0.2) is 12.1 Å². The van der Waals surface area contributed by atoms with Gasteiger partial charge in [0.05, 0.1) is 6.42 Å². The van der Waals surface area contributed by atoms with Gasteiger partial charge in [-0.1, -0.05) is 25.4 Å². The van der Waals surface area contributed by atoms with E-state index in [9.17, 15) is 9.90 Å². The normalized spacial score (nSPS) is 11.5.